The van der Waals surface area contributed by atoms with Gasteiger partial charge in [0, 0.05) is 23.3 Å². The zero-order valence-electron chi connectivity index (χ0n) is 11.7. The van der Waals surface area contributed by atoms with E-state index in [0.29, 0.717) is 5.92 Å². The molecule has 0 bridgehead atoms. The number of benzene rings is 1. The van der Waals surface area contributed by atoms with Gasteiger partial charge < -0.3 is 5.32 Å². The smallest absolute Gasteiger partial charge is 0.0726 e. The summed E-state index contributed by atoms with van der Waals surface area (Å²) in [5.41, 5.74) is 4.74. The van der Waals surface area contributed by atoms with Crippen LogP contribution in [0.2, 0.25) is 0 Å². The first kappa shape index (κ1) is 12.9. The fourth-order valence-electron chi connectivity index (χ4n) is 2.06. The van der Waals surface area contributed by atoms with Gasteiger partial charge in [-0.1, -0.05) is 32.4 Å². The Morgan fingerprint density at radius 3 is 2.67 bits per heavy atom. The molecule has 0 spiro atoms. The molecule has 0 atom stereocenters. The Kier molecular flexibility index (Phi) is 3.85. The molecule has 0 unspecified atom stereocenters. The highest BCUT2D eigenvalue weighted by molar-refractivity contribution is 5.92. The highest BCUT2D eigenvalue weighted by Gasteiger charge is 2.08. The topological polar surface area (TPSA) is 24.9 Å². The van der Waals surface area contributed by atoms with Crippen molar-refractivity contribution >= 4 is 16.6 Å². The van der Waals surface area contributed by atoms with E-state index in [1.54, 1.807) is 0 Å². The maximum absolute atomic E-state index is 4.74. The third-order valence-electron chi connectivity index (χ3n) is 3.14. The molecular formula is C16H22N2. The van der Waals surface area contributed by atoms with E-state index in [1.807, 2.05) is 0 Å². The second-order valence-corrected chi connectivity index (χ2v) is 5.20. The number of aromatic nitrogens is 1. The van der Waals surface area contributed by atoms with Crippen LogP contribution in [0.15, 0.2) is 24.3 Å². The molecule has 0 fully saturated rings. The summed E-state index contributed by atoms with van der Waals surface area (Å²) in [6.45, 7) is 9.69. The van der Waals surface area contributed by atoms with Gasteiger partial charge in [0.1, 0.15) is 0 Å². The number of nitrogens with one attached hydrogen (secondary N) is 1. The van der Waals surface area contributed by atoms with Gasteiger partial charge in [0.05, 0.1) is 5.52 Å². The Morgan fingerprint density at radius 1 is 1.22 bits per heavy atom. The Labute approximate surface area is 109 Å². The minimum Gasteiger partial charge on any atom is -0.384 e. The molecule has 2 nitrogen and oxygen atoms in total. The average molecular weight is 242 g/mol. The lowest BCUT2D eigenvalue weighted by molar-refractivity contribution is 0.829. The summed E-state index contributed by atoms with van der Waals surface area (Å²) in [6.07, 6.45) is 1.13. The van der Waals surface area contributed by atoms with E-state index >= 15 is 0 Å². The minimum atomic E-state index is 0.456. The predicted molar refractivity (Wildman–Crippen MR) is 79.3 cm³/mol. The molecule has 2 heteroatoms. The molecule has 0 saturated carbocycles. The Hall–Kier alpha value is -1.57. The Balaban J connectivity index is 2.57. The van der Waals surface area contributed by atoms with Gasteiger partial charge in [-0.15, -0.1) is 0 Å². The molecule has 0 aliphatic heterocycles. The molecular weight excluding hydrogens is 220 g/mol. The molecule has 2 rings (SSSR count). The largest absolute Gasteiger partial charge is 0.384 e. The Bertz CT molecular complexity index is 544. The molecule has 1 aromatic carbocycles. The molecule has 0 aliphatic rings. The van der Waals surface area contributed by atoms with Gasteiger partial charge in [-0.2, -0.15) is 0 Å². The summed E-state index contributed by atoms with van der Waals surface area (Å²) in [6, 6.07) is 8.66. The molecule has 96 valence electrons. The number of hydrogen-bond donors (Lipinski definition) is 1. The molecule has 1 N–H and O–H groups in total. The van der Waals surface area contributed by atoms with Crippen LogP contribution >= 0.6 is 0 Å². The number of fused-ring (bicyclic) bond motifs is 1. The van der Waals surface area contributed by atoms with Crippen LogP contribution in [-0.2, 0) is 0 Å². The SMILES string of the molecule is CCCNc1cc(C(C)C)nc2ccc(C)cc12. The minimum absolute atomic E-state index is 0.456. The van der Waals surface area contributed by atoms with Crippen LogP contribution in [0.4, 0.5) is 5.69 Å². The molecule has 1 heterocycles. The van der Waals surface area contributed by atoms with E-state index in [1.165, 1.54) is 16.6 Å². The van der Waals surface area contributed by atoms with E-state index in [-0.39, 0.29) is 0 Å². The Morgan fingerprint density at radius 2 is 2.00 bits per heavy atom. The lowest BCUT2D eigenvalue weighted by atomic mass is 10.0. The maximum Gasteiger partial charge on any atom is 0.0726 e. The second-order valence-electron chi connectivity index (χ2n) is 5.20. The van der Waals surface area contributed by atoms with Gasteiger partial charge in [0.2, 0.25) is 0 Å². The van der Waals surface area contributed by atoms with Crippen molar-refractivity contribution in [1.82, 2.24) is 4.98 Å². The van der Waals surface area contributed by atoms with Crippen molar-refractivity contribution in [3.8, 4) is 0 Å². The van der Waals surface area contributed by atoms with Gasteiger partial charge in [0.25, 0.3) is 0 Å². The summed E-state index contributed by atoms with van der Waals surface area (Å²) in [5.74, 6) is 0.456. The molecule has 1 aromatic heterocycles. The van der Waals surface area contributed by atoms with Crippen molar-refractivity contribution in [2.75, 3.05) is 11.9 Å². The molecule has 0 aliphatic carbocycles. The highest BCUT2D eigenvalue weighted by atomic mass is 14.9. The average Bonchev–Trinajstić information content (AvgIpc) is 2.35. The number of hydrogen-bond acceptors (Lipinski definition) is 2. The standard InChI is InChI=1S/C16H22N2/c1-5-8-17-16-10-15(11(2)3)18-14-7-6-12(4)9-13(14)16/h6-7,9-11H,5,8H2,1-4H3,(H,17,18). The van der Waals surface area contributed by atoms with Gasteiger partial charge in [-0.25, -0.2) is 0 Å². The van der Waals surface area contributed by atoms with E-state index in [4.69, 9.17) is 4.98 Å². The third kappa shape index (κ3) is 2.63. The van der Waals surface area contributed by atoms with Crippen LogP contribution in [0.25, 0.3) is 10.9 Å². The van der Waals surface area contributed by atoms with Gasteiger partial charge in [-0.05, 0) is 37.5 Å². The van der Waals surface area contributed by atoms with Crippen LogP contribution in [0.3, 0.4) is 0 Å². The van der Waals surface area contributed by atoms with E-state index in [9.17, 15) is 0 Å². The van der Waals surface area contributed by atoms with Crippen molar-refractivity contribution in [2.24, 2.45) is 0 Å². The molecule has 2 aromatic rings. The summed E-state index contributed by atoms with van der Waals surface area (Å²) >= 11 is 0. The number of aryl methyl sites for hydroxylation is 1. The molecule has 0 amide bonds. The van der Waals surface area contributed by atoms with Gasteiger partial charge in [0.15, 0.2) is 0 Å². The zero-order chi connectivity index (χ0) is 13.1. The lowest BCUT2D eigenvalue weighted by Gasteiger charge is -2.13. The van der Waals surface area contributed by atoms with E-state index in [0.717, 1.165) is 24.2 Å². The van der Waals surface area contributed by atoms with Crippen LogP contribution < -0.4 is 5.32 Å². The highest BCUT2D eigenvalue weighted by Crippen LogP contribution is 2.27. The first-order valence-corrected chi connectivity index (χ1v) is 6.77. The zero-order valence-corrected chi connectivity index (χ0v) is 11.7. The molecule has 18 heavy (non-hydrogen) atoms. The van der Waals surface area contributed by atoms with Crippen molar-refractivity contribution < 1.29 is 0 Å². The quantitative estimate of drug-likeness (QED) is 0.854. The molecule has 0 radical (unpaired) electrons. The number of pyridine rings is 1. The summed E-state index contributed by atoms with van der Waals surface area (Å²) in [7, 11) is 0. The number of nitrogens with zero attached hydrogens (tertiary/aromatic N) is 1. The van der Waals surface area contributed by atoms with Crippen LogP contribution in [0.5, 0.6) is 0 Å². The van der Waals surface area contributed by atoms with Crippen LogP contribution in [0.1, 0.15) is 44.4 Å². The summed E-state index contributed by atoms with van der Waals surface area (Å²) < 4.78 is 0. The lowest BCUT2D eigenvalue weighted by Crippen LogP contribution is -2.03. The molecule has 0 saturated heterocycles. The first-order valence-electron chi connectivity index (χ1n) is 6.77. The van der Waals surface area contributed by atoms with Crippen molar-refractivity contribution in [2.45, 2.75) is 40.0 Å². The summed E-state index contributed by atoms with van der Waals surface area (Å²) in [5, 5.41) is 4.75. The summed E-state index contributed by atoms with van der Waals surface area (Å²) in [4.78, 5) is 4.74. The monoisotopic (exact) mass is 242 g/mol. The van der Waals surface area contributed by atoms with E-state index in [2.05, 4.69) is 57.3 Å². The van der Waals surface area contributed by atoms with Crippen LogP contribution in [-0.4, -0.2) is 11.5 Å². The van der Waals surface area contributed by atoms with Gasteiger partial charge >= 0.3 is 0 Å². The maximum atomic E-state index is 4.74. The third-order valence-corrected chi connectivity index (χ3v) is 3.14. The normalized spacial score (nSPS) is 11.2. The fourth-order valence-corrected chi connectivity index (χ4v) is 2.06. The second kappa shape index (κ2) is 5.38. The number of anilines is 1. The van der Waals surface area contributed by atoms with Gasteiger partial charge in [-0.3, -0.25) is 4.98 Å². The van der Waals surface area contributed by atoms with Crippen molar-refractivity contribution in [1.29, 1.82) is 0 Å². The first-order chi connectivity index (χ1) is 8.61. The number of rotatable bonds is 4. The fraction of sp³-hybridized carbons (Fsp3) is 0.438. The van der Waals surface area contributed by atoms with Crippen LogP contribution in [0, 0.1) is 6.92 Å². The van der Waals surface area contributed by atoms with Crippen molar-refractivity contribution in [3.63, 3.8) is 0 Å². The van der Waals surface area contributed by atoms with E-state index < -0.39 is 0 Å². The predicted octanol–water partition coefficient (Wildman–Crippen LogP) is 4.49. The van der Waals surface area contributed by atoms with Crippen molar-refractivity contribution in [3.05, 3.63) is 35.5 Å².